The Labute approximate surface area is 183 Å². The number of carbonyl (C=O) groups is 1. The summed E-state index contributed by atoms with van der Waals surface area (Å²) in [5.41, 5.74) is 1.64. The lowest BCUT2D eigenvalue weighted by Gasteiger charge is -2.11. The van der Waals surface area contributed by atoms with Gasteiger partial charge in [-0.1, -0.05) is 12.6 Å². The molecule has 1 amide bonds. The molecule has 1 heterocycles. The number of halogens is 1. The van der Waals surface area contributed by atoms with Gasteiger partial charge in [-0.05, 0) is 48.5 Å². The molecule has 0 radical (unpaired) electrons. The highest BCUT2D eigenvalue weighted by Gasteiger charge is 2.09. The van der Waals surface area contributed by atoms with Crippen LogP contribution in [0.5, 0.6) is 5.75 Å². The lowest BCUT2D eigenvalue weighted by Crippen LogP contribution is -2.07. The van der Waals surface area contributed by atoms with Gasteiger partial charge in [-0.25, -0.2) is 9.37 Å². The summed E-state index contributed by atoms with van der Waals surface area (Å²) >= 11 is 0. The lowest BCUT2D eigenvalue weighted by atomic mass is 10.2. The van der Waals surface area contributed by atoms with Crippen molar-refractivity contribution in [3.63, 3.8) is 0 Å². The summed E-state index contributed by atoms with van der Waals surface area (Å²) in [6.07, 6.45) is 2.18. The molecular weight excluding hydrogens is 401 g/mol. The van der Waals surface area contributed by atoms with E-state index in [1.807, 2.05) is 0 Å². The number of nitrogens with one attached hydrogen (secondary N) is 3. The Kier molecular flexibility index (Phi) is 6.16. The molecule has 2 aromatic carbocycles. The second-order valence-corrected chi connectivity index (χ2v) is 6.14. The molecule has 3 aromatic rings. The van der Waals surface area contributed by atoms with E-state index in [0.717, 1.165) is 12.3 Å². The van der Waals surface area contributed by atoms with Crippen LogP contribution in [0.15, 0.2) is 67.4 Å². The maximum atomic E-state index is 14.3. The summed E-state index contributed by atoms with van der Waals surface area (Å²) in [4.78, 5) is 19.6. The number of amides is 1. The SMILES string of the molecule is [2H]C([2H])([2H])OCCOc1ccc(Nc2ncc(F)c(Nc3cccc(NC(=O)C=C)c3)n2)cc1. The van der Waals surface area contributed by atoms with E-state index in [1.165, 1.54) is 0 Å². The second kappa shape index (κ2) is 10.7. The van der Waals surface area contributed by atoms with Crippen molar-refractivity contribution < 1.29 is 22.8 Å². The molecule has 8 nitrogen and oxygen atoms in total. The average Bonchev–Trinajstić information content (AvgIpc) is 2.79. The molecule has 3 rings (SSSR count). The number of ether oxygens (including phenoxy) is 2. The first-order valence-corrected chi connectivity index (χ1v) is 9.19. The Hall–Kier alpha value is -3.98. The minimum atomic E-state index is -2.45. The number of hydrogen-bond acceptors (Lipinski definition) is 7. The number of benzene rings is 2. The van der Waals surface area contributed by atoms with Crippen LogP contribution in [-0.2, 0) is 9.53 Å². The fourth-order valence-corrected chi connectivity index (χ4v) is 2.48. The van der Waals surface area contributed by atoms with Crippen LogP contribution in [0.25, 0.3) is 0 Å². The molecule has 31 heavy (non-hydrogen) atoms. The third-order valence-corrected chi connectivity index (χ3v) is 3.89. The van der Waals surface area contributed by atoms with Crippen molar-refractivity contribution in [1.29, 1.82) is 0 Å². The van der Waals surface area contributed by atoms with Crippen molar-refractivity contribution in [3.8, 4) is 5.75 Å². The summed E-state index contributed by atoms with van der Waals surface area (Å²) < 4.78 is 45.2. The van der Waals surface area contributed by atoms with Crippen molar-refractivity contribution in [2.24, 2.45) is 0 Å². The first kappa shape index (κ1) is 17.8. The largest absolute Gasteiger partial charge is 0.491 e. The predicted octanol–water partition coefficient (Wildman–Crippen LogP) is 4.25. The van der Waals surface area contributed by atoms with Crippen LogP contribution in [0.1, 0.15) is 4.11 Å². The first-order chi connectivity index (χ1) is 16.2. The van der Waals surface area contributed by atoms with Crippen LogP contribution in [0.2, 0.25) is 0 Å². The smallest absolute Gasteiger partial charge is 0.247 e. The molecule has 3 N–H and O–H groups in total. The minimum absolute atomic E-state index is 0.0566. The van der Waals surface area contributed by atoms with Crippen molar-refractivity contribution in [1.82, 2.24) is 9.97 Å². The fraction of sp³-hybridized carbons (Fsp3) is 0.136. The Morgan fingerprint density at radius 2 is 1.97 bits per heavy atom. The van der Waals surface area contributed by atoms with Crippen molar-refractivity contribution >= 4 is 34.7 Å². The fourth-order valence-electron chi connectivity index (χ4n) is 2.48. The van der Waals surface area contributed by atoms with Gasteiger partial charge in [0.2, 0.25) is 11.9 Å². The number of anilines is 5. The van der Waals surface area contributed by atoms with Crippen molar-refractivity contribution in [2.45, 2.75) is 0 Å². The average molecular weight is 426 g/mol. The standard InChI is InChI=1S/C22H22FN5O3/c1-3-20(29)25-16-5-4-6-17(13-16)26-21-19(23)14-24-22(28-21)27-15-7-9-18(10-8-15)31-12-11-30-2/h3-10,13-14H,1,11-12H2,2H3,(H,25,29)(H2,24,26,27,28)/i2D3. The van der Waals surface area contributed by atoms with Gasteiger partial charge in [0, 0.05) is 24.1 Å². The molecule has 1 aromatic heterocycles. The van der Waals surface area contributed by atoms with Crippen LogP contribution in [0.3, 0.4) is 0 Å². The van der Waals surface area contributed by atoms with Gasteiger partial charge in [-0.15, -0.1) is 0 Å². The summed E-state index contributed by atoms with van der Waals surface area (Å²) in [6, 6.07) is 13.4. The quantitative estimate of drug-likeness (QED) is 0.329. The van der Waals surface area contributed by atoms with E-state index in [0.29, 0.717) is 22.8 Å². The Bertz CT molecular complexity index is 1140. The highest BCUT2D eigenvalue weighted by Crippen LogP contribution is 2.23. The van der Waals surface area contributed by atoms with E-state index in [2.05, 4.69) is 37.2 Å². The molecule has 0 saturated carbocycles. The summed E-state index contributed by atoms with van der Waals surface area (Å²) in [6.45, 7) is 3.41. The van der Waals surface area contributed by atoms with Gasteiger partial charge in [0.1, 0.15) is 12.4 Å². The monoisotopic (exact) mass is 426 g/mol. The number of hydrogen-bond donors (Lipinski definition) is 3. The van der Waals surface area contributed by atoms with Gasteiger partial charge in [0.05, 0.1) is 16.9 Å². The van der Waals surface area contributed by atoms with E-state index in [9.17, 15) is 9.18 Å². The van der Waals surface area contributed by atoms with Gasteiger partial charge in [-0.2, -0.15) is 4.98 Å². The topological polar surface area (TPSA) is 97.4 Å². The molecule has 0 spiro atoms. The number of aromatic nitrogens is 2. The zero-order valence-corrected chi connectivity index (χ0v) is 16.4. The third kappa shape index (κ3) is 6.51. The molecule has 0 aliphatic rings. The van der Waals surface area contributed by atoms with Crippen molar-refractivity contribution in [3.05, 3.63) is 73.2 Å². The maximum Gasteiger partial charge on any atom is 0.247 e. The summed E-state index contributed by atoms with van der Waals surface area (Å²) in [5.74, 6) is -0.407. The molecule has 0 fully saturated rings. The number of rotatable bonds is 10. The molecule has 0 saturated heterocycles. The maximum absolute atomic E-state index is 14.3. The number of nitrogens with zero attached hydrogens (tertiary/aromatic N) is 2. The molecule has 0 atom stereocenters. The van der Waals surface area contributed by atoms with Crippen LogP contribution >= 0.6 is 0 Å². The Morgan fingerprint density at radius 1 is 1.16 bits per heavy atom. The van der Waals surface area contributed by atoms with Gasteiger partial charge < -0.3 is 25.4 Å². The van der Waals surface area contributed by atoms with E-state index >= 15 is 0 Å². The Morgan fingerprint density at radius 3 is 2.74 bits per heavy atom. The summed E-state index contributed by atoms with van der Waals surface area (Å²) in [5, 5.41) is 8.45. The molecule has 0 aliphatic carbocycles. The van der Waals surface area contributed by atoms with Crippen LogP contribution < -0.4 is 20.7 Å². The van der Waals surface area contributed by atoms with E-state index in [-0.39, 0.29) is 30.9 Å². The van der Waals surface area contributed by atoms with Crippen molar-refractivity contribution in [2.75, 3.05) is 36.2 Å². The molecule has 0 unspecified atom stereocenters. The molecule has 160 valence electrons. The minimum Gasteiger partial charge on any atom is -0.491 e. The Balaban J connectivity index is 1.61. The number of carbonyl (C=O) groups excluding carboxylic acids is 1. The zero-order valence-electron chi connectivity index (χ0n) is 19.4. The van der Waals surface area contributed by atoms with Gasteiger partial charge in [0.15, 0.2) is 11.6 Å². The predicted molar refractivity (Wildman–Crippen MR) is 118 cm³/mol. The lowest BCUT2D eigenvalue weighted by molar-refractivity contribution is -0.111. The second-order valence-electron chi connectivity index (χ2n) is 6.14. The normalized spacial score (nSPS) is 12.1. The molecule has 0 aliphatic heterocycles. The van der Waals surface area contributed by atoms with Gasteiger partial charge in [-0.3, -0.25) is 4.79 Å². The third-order valence-electron chi connectivity index (χ3n) is 3.89. The number of methoxy groups -OCH3 is 1. The van der Waals surface area contributed by atoms with Crippen LogP contribution in [0, 0.1) is 5.82 Å². The first-order valence-electron chi connectivity index (χ1n) is 10.7. The molecule has 0 bridgehead atoms. The van der Waals surface area contributed by atoms with Crippen LogP contribution in [-0.4, -0.2) is 36.1 Å². The molecular formula is C22H22FN5O3. The van der Waals surface area contributed by atoms with E-state index < -0.39 is 12.9 Å². The molecule has 9 heteroatoms. The van der Waals surface area contributed by atoms with Crippen LogP contribution in [0.4, 0.5) is 33.2 Å². The summed E-state index contributed by atoms with van der Waals surface area (Å²) in [7, 11) is -2.45. The van der Waals surface area contributed by atoms with Gasteiger partial charge in [0.25, 0.3) is 0 Å². The van der Waals surface area contributed by atoms with E-state index in [4.69, 9.17) is 8.85 Å². The highest BCUT2D eigenvalue weighted by molar-refractivity contribution is 5.99. The zero-order chi connectivity index (χ0) is 24.6. The van der Waals surface area contributed by atoms with E-state index in [1.54, 1.807) is 48.5 Å². The van der Waals surface area contributed by atoms with Gasteiger partial charge >= 0.3 is 0 Å². The highest BCUT2D eigenvalue weighted by atomic mass is 19.1.